The first-order valence-electron chi connectivity index (χ1n) is 9.84. The van der Waals surface area contributed by atoms with Crippen molar-refractivity contribution in [2.45, 2.75) is 33.6 Å². The summed E-state index contributed by atoms with van der Waals surface area (Å²) in [5.41, 5.74) is 1.50. The zero-order valence-corrected chi connectivity index (χ0v) is 19.1. The molecular formula is C22H27NO7S. The molecule has 31 heavy (non-hydrogen) atoms. The SMILES string of the molecule is CCOC(=O)c1sc(NC(=O)CCc2ccc(OC)c(OC)c2)c(C(=O)OCC)c1C. The van der Waals surface area contributed by atoms with E-state index in [0.717, 1.165) is 16.9 Å². The van der Waals surface area contributed by atoms with E-state index in [1.54, 1.807) is 41.1 Å². The average molecular weight is 450 g/mol. The van der Waals surface area contributed by atoms with E-state index in [9.17, 15) is 14.4 Å². The molecule has 0 radical (unpaired) electrons. The van der Waals surface area contributed by atoms with Crippen LogP contribution in [0, 0.1) is 6.92 Å². The van der Waals surface area contributed by atoms with Crippen LogP contribution < -0.4 is 14.8 Å². The molecular weight excluding hydrogens is 422 g/mol. The highest BCUT2D eigenvalue weighted by molar-refractivity contribution is 7.18. The Morgan fingerprint density at radius 3 is 2.23 bits per heavy atom. The maximum absolute atomic E-state index is 12.6. The Morgan fingerprint density at radius 1 is 0.968 bits per heavy atom. The predicted octanol–water partition coefficient (Wildman–Crippen LogP) is 4.00. The smallest absolute Gasteiger partial charge is 0.348 e. The Morgan fingerprint density at radius 2 is 1.61 bits per heavy atom. The molecule has 8 nitrogen and oxygen atoms in total. The Kier molecular flexibility index (Phi) is 8.87. The van der Waals surface area contributed by atoms with Crippen molar-refractivity contribution >= 4 is 34.2 Å². The Hall–Kier alpha value is -3.07. The van der Waals surface area contributed by atoms with E-state index in [-0.39, 0.29) is 41.0 Å². The van der Waals surface area contributed by atoms with Crippen LogP contribution in [-0.4, -0.2) is 45.3 Å². The van der Waals surface area contributed by atoms with E-state index >= 15 is 0 Å². The lowest BCUT2D eigenvalue weighted by atomic mass is 10.1. The zero-order chi connectivity index (χ0) is 23.0. The van der Waals surface area contributed by atoms with Crippen molar-refractivity contribution in [1.82, 2.24) is 0 Å². The van der Waals surface area contributed by atoms with Gasteiger partial charge < -0.3 is 24.3 Å². The van der Waals surface area contributed by atoms with Gasteiger partial charge in [-0.3, -0.25) is 4.79 Å². The van der Waals surface area contributed by atoms with E-state index in [4.69, 9.17) is 18.9 Å². The summed E-state index contributed by atoms with van der Waals surface area (Å²) in [6, 6.07) is 5.44. The lowest BCUT2D eigenvalue weighted by Gasteiger charge is -2.10. The summed E-state index contributed by atoms with van der Waals surface area (Å²) in [6.07, 6.45) is 0.624. The molecule has 1 aromatic heterocycles. The molecule has 0 atom stereocenters. The number of thiophene rings is 1. The van der Waals surface area contributed by atoms with Crippen LogP contribution in [0.4, 0.5) is 5.00 Å². The minimum Gasteiger partial charge on any atom is -0.493 e. The molecule has 0 aliphatic heterocycles. The molecule has 1 amide bonds. The Balaban J connectivity index is 2.18. The minimum atomic E-state index is -0.595. The van der Waals surface area contributed by atoms with Crippen LogP contribution in [0.25, 0.3) is 0 Å². The maximum atomic E-state index is 12.6. The lowest BCUT2D eigenvalue weighted by molar-refractivity contribution is -0.116. The third-order valence-electron chi connectivity index (χ3n) is 4.43. The summed E-state index contributed by atoms with van der Waals surface area (Å²) >= 11 is 1.01. The number of esters is 2. The van der Waals surface area contributed by atoms with Crippen LogP contribution in [-0.2, 0) is 20.7 Å². The van der Waals surface area contributed by atoms with Gasteiger partial charge in [-0.15, -0.1) is 11.3 Å². The third-order valence-corrected chi connectivity index (χ3v) is 5.62. The van der Waals surface area contributed by atoms with Crippen molar-refractivity contribution < 1.29 is 33.3 Å². The summed E-state index contributed by atoms with van der Waals surface area (Å²) < 4.78 is 20.7. The van der Waals surface area contributed by atoms with Crippen LogP contribution in [0.1, 0.15) is 51.4 Å². The van der Waals surface area contributed by atoms with Gasteiger partial charge in [-0.2, -0.15) is 0 Å². The van der Waals surface area contributed by atoms with Crippen molar-refractivity contribution in [2.24, 2.45) is 0 Å². The van der Waals surface area contributed by atoms with Crippen LogP contribution in [0.15, 0.2) is 18.2 Å². The predicted molar refractivity (Wildman–Crippen MR) is 117 cm³/mol. The molecule has 2 rings (SSSR count). The van der Waals surface area contributed by atoms with Gasteiger partial charge in [0, 0.05) is 6.42 Å². The fourth-order valence-corrected chi connectivity index (χ4v) is 4.03. The number of carbonyl (C=O) groups is 3. The fourth-order valence-electron chi connectivity index (χ4n) is 2.93. The largest absolute Gasteiger partial charge is 0.493 e. The Bertz CT molecular complexity index is 952. The number of carbonyl (C=O) groups excluding carboxylic acids is 3. The first-order chi connectivity index (χ1) is 14.9. The second-order valence-electron chi connectivity index (χ2n) is 6.44. The van der Waals surface area contributed by atoms with Gasteiger partial charge in [-0.05, 0) is 50.5 Å². The molecule has 0 saturated carbocycles. The van der Waals surface area contributed by atoms with Crippen molar-refractivity contribution in [3.8, 4) is 11.5 Å². The zero-order valence-electron chi connectivity index (χ0n) is 18.3. The highest BCUT2D eigenvalue weighted by atomic mass is 32.1. The number of benzene rings is 1. The summed E-state index contributed by atoms with van der Waals surface area (Å²) in [7, 11) is 3.10. The lowest BCUT2D eigenvalue weighted by Crippen LogP contribution is -2.15. The number of rotatable bonds is 10. The molecule has 2 aromatic rings. The molecule has 1 heterocycles. The first kappa shape index (κ1) is 24.2. The highest BCUT2D eigenvalue weighted by Gasteiger charge is 2.27. The molecule has 1 N–H and O–H groups in total. The number of hydrogen-bond donors (Lipinski definition) is 1. The normalized spacial score (nSPS) is 10.4. The summed E-state index contributed by atoms with van der Waals surface area (Å²) in [6.45, 7) is 5.40. The molecule has 9 heteroatoms. The van der Waals surface area contributed by atoms with Crippen molar-refractivity contribution in [3.63, 3.8) is 0 Å². The standard InChI is InChI=1S/C22H27NO7S/c1-6-29-21(25)18-13(3)19(22(26)30-7-2)31-20(18)23-17(24)11-9-14-8-10-15(27-4)16(12-14)28-5/h8,10,12H,6-7,9,11H2,1-5H3,(H,23,24). The second kappa shape index (κ2) is 11.4. The van der Waals surface area contributed by atoms with Crippen molar-refractivity contribution in [1.29, 1.82) is 0 Å². The molecule has 0 bridgehead atoms. The monoisotopic (exact) mass is 449 g/mol. The maximum Gasteiger partial charge on any atom is 0.348 e. The second-order valence-corrected chi connectivity index (χ2v) is 7.46. The Labute approximate surface area is 185 Å². The highest BCUT2D eigenvalue weighted by Crippen LogP contribution is 2.34. The van der Waals surface area contributed by atoms with E-state index in [1.807, 2.05) is 12.1 Å². The number of anilines is 1. The number of nitrogens with one attached hydrogen (secondary N) is 1. The van der Waals surface area contributed by atoms with E-state index in [2.05, 4.69) is 5.32 Å². The van der Waals surface area contributed by atoms with Gasteiger partial charge in [0.1, 0.15) is 9.88 Å². The molecule has 0 aliphatic carbocycles. The van der Waals surface area contributed by atoms with Gasteiger partial charge in [0.25, 0.3) is 0 Å². The number of aryl methyl sites for hydroxylation is 1. The van der Waals surface area contributed by atoms with Gasteiger partial charge >= 0.3 is 11.9 Å². The van der Waals surface area contributed by atoms with Crippen LogP contribution in [0.5, 0.6) is 11.5 Å². The van der Waals surface area contributed by atoms with E-state index in [0.29, 0.717) is 23.5 Å². The van der Waals surface area contributed by atoms with Crippen molar-refractivity contribution in [2.75, 3.05) is 32.8 Å². The van der Waals surface area contributed by atoms with Gasteiger partial charge in [0.15, 0.2) is 11.5 Å². The minimum absolute atomic E-state index is 0.170. The number of ether oxygens (including phenoxy) is 4. The van der Waals surface area contributed by atoms with E-state index < -0.39 is 11.9 Å². The first-order valence-corrected chi connectivity index (χ1v) is 10.7. The number of hydrogen-bond acceptors (Lipinski definition) is 8. The van der Waals surface area contributed by atoms with Gasteiger partial charge in [0.05, 0.1) is 33.0 Å². The molecule has 1 aromatic carbocycles. The van der Waals surface area contributed by atoms with E-state index in [1.165, 1.54) is 0 Å². The quantitative estimate of drug-likeness (QED) is 0.547. The van der Waals surface area contributed by atoms with Gasteiger partial charge in [-0.1, -0.05) is 6.07 Å². The number of amides is 1. The van der Waals surface area contributed by atoms with Crippen molar-refractivity contribution in [3.05, 3.63) is 39.8 Å². The van der Waals surface area contributed by atoms with Crippen LogP contribution in [0.2, 0.25) is 0 Å². The summed E-state index contributed by atoms with van der Waals surface area (Å²) in [4.78, 5) is 37.5. The van der Waals surface area contributed by atoms with Gasteiger partial charge in [-0.25, -0.2) is 9.59 Å². The van der Waals surface area contributed by atoms with Crippen LogP contribution >= 0.6 is 11.3 Å². The molecule has 0 saturated heterocycles. The molecule has 0 fully saturated rings. The molecule has 168 valence electrons. The summed E-state index contributed by atoms with van der Waals surface area (Å²) in [5, 5.41) is 3.02. The number of methoxy groups -OCH3 is 2. The topological polar surface area (TPSA) is 100 Å². The molecule has 0 unspecified atom stereocenters. The average Bonchev–Trinajstić information content (AvgIpc) is 3.08. The van der Waals surface area contributed by atoms with Gasteiger partial charge in [0.2, 0.25) is 5.91 Å². The third kappa shape index (κ3) is 5.97. The molecule has 0 aliphatic rings. The van der Waals surface area contributed by atoms with Crippen LogP contribution in [0.3, 0.4) is 0 Å². The molecule has 0 spiro atoms. The summed E-state index contributed by atoms with van der Waals surface area (Å²) in [5.74, 6) is -0.242. The fraction of sp³-hybridized carbons (Fsp3) is 0.409.